The Morgan fingerprint density at radius 1 is 0.700 bits per heavy atom. The summed E-state index contributed by atoms with van der Waals surface area (Å²) in [4.78, 5) is 25.8. The van der Waals surface area contributed by atoms with Crippen molar-refractivity contribution < 1.29 is 14.3 Å². The van der Waals surface area contributed by atoms with Crippen molar-refractivity contribution in [2.45, 2.75) is 51.0 Å². The first-order valence-corrected chi connectivity index (χ1v) is 14.3. The van der Waals surface area contributed by atoms with Gasteiger partial charge in [-0.25, -0.2) is 0 Å². The molecular weight excluding hydrogens is 506 g/mol. The van der Waals surface area contributed by atoms with Crippen molar-refractivity contribution in [3.05, 3.63) is 66.2 Å². The molecule has 2 aromatic carbocycles. The summed E-state index contributed by atoms with van der Waals surface area (Å²) in [6.45, 7) is 2.82. The van der Waals surface area contributed by atoms with Crippen molar-refractivity contribution in [1.82, 2.24) is 20.3 Å². The topological polar surface area (TPSA) is 122 Å². The highest BCUT2D eigenvalue weighted by molar-refractivity contribution is 5.94. The van der Waals surface area contributed by atoms with E-state index in [0.717, 1.165) is 18.5 Å². The van der Waals surface area contributed by atoms with Gasteiger partial charge >= 0.3 is 0 Å². The van der Waals surface area contributed by atoms with Crippen LogP contribution in [-0.4, -0.2) is 66.4 Å². The van der Waals surface area contributed by atoms with Crippen LogP contribution in [0.5, 0.6) is 0 Å². The predicted molar refractivity (Wildman–Crippen MR) is 158 cm³/mol. The quantitative estimate of drug-likeness (QED) is 0.194. The Hall–Kier alpha value is -3.76. The molecule has 0 unspecified atom stereocenters. The van der Waals surface area contributed by atoms with Crippen molar-refractivity contribution in [2.24, 2.45) is 0 Å². The average molecular weight is 548 g/mol. The fourth-order valence-corrected chi connectivity index (χ4v) is 4.49. The number of nitrogens with one attached hydrogen (secondary N) is 4. The summed E-state index contributed by atoms with van der Waals surface area (Å²) >= 11 is 0. The second-order valence-corrected chi connectivity index (χ2v) is 9.76. The third-order valence-corrected chi connectivity index (χ3v) is 6.57. The number of hydrogen-bond acceptors (Lipinski definition) is 9. The lowest BCUT2D eigenvalue weighted by Crippen LogP contribution is -2.27. The van der Waals surface area contributed by atoms with E-state index >= 15 is 0 Å². The molecule has 0 radical (unpaired) electrons. The Balaban J connectivity index is 1.17. The maximum atomic E-state index is 12.0. The number of anilines is 4. The summed E-state index contributed by atoms with van der Waals surface area (Å²) in [5, 5.41) is 12.9. The van der Waals surface area contributed by atoms with Crippen LogP contribution in [0.4, 0.5) is 23.5 Å². The van der Waals surface area contributed by atoms with Crippen LogP contribution in [0, 0.1) is 0 Å². The highest BCUT2D eigenvalue weighted by Gasteiger charge is 2.14. The third-order valence-electron chi connectivity index (χ3n) is 6.57. The van der Waals surface area contributed by atoms with Gasteiger partial charge in [0.05, 0.1) is 26.4 Å². The molecule has 1 heterocycles. The summed E-state index contributed by atoms with van der Waals surface area (Å²) in [6, 6.07) is 19.4. The van der Waals surface area contributed by atoms with Crippen LogP contribution in [0.25, 0.3) is 0 Å². The van der Waals surface area contributed by atoms with Crippen LogP contribution in [0.2, 0.25) is 0 Å². The number of nitrogens with zero attached hydrogens (tertiary/aromatic N) is 3. The molecule has 1 aliphatic rings. The number of ether oxygens (including phenoxy) is 2. The van der Waals surface area contributed by atoms with E-state index in [1.165, 1.54) is 32.1 Å². The molecule has 40 heavy (non-hydrogen) atoms. The van der Waals surface area contributed by atoms with Gasteiger partial charge < -0.3 is 30.7 Å². The van der Waals surface area contributed by atoms with Gasteiger partial charge in [-0.1, -0.05) is 68.5 Å². The van der Waals surface area contributed by atoms with E-state index in [4.69, 9.17) is 9.47 Å². The second kappa shape index (κ2) is 17.0. The maximum Gasteiger partial charge on any atom is 0.251 e. The zero-order valence-electron chi connectivity index (χ0n) is 23.1. The number of benzene rings is 2. The SMILES string of the molecule is O=C(NCCOCCOCCNc1nc(Nc2ccccc2)nc(NC2CCCCCCC2)n1)c1ccccc1. The van der Waals surface area contributed by atoms with Gasteiger partial charge in [-0.05, 0) is 37.1 Å². The van der Waals surface area contributed by atoms with E-state index in [9.17, 15) is 4.79 Å². The van der Waals surface area contributed by atoms with Crippen molar-refractivity contribution in [2.75, 3.05) is 55.5 Å². The van der Waals surface area contributed by atoms with Gasteiger partial charge in [-0.3, -0.25) is 4.79 Å². The lowest BCUT2D eigenvalue weighted by Gasteiger charge is -2.21. The molecule has 1 saturated carbocycles. The van der Waals surface area contributed by atoms with E-state index in [1.54, 1.807) is 12.1 Å². The van der Waals surface area contributed by atoms with Gasteiger partial charge in [0.15, 0.2) is 0 Å². The molecular formula is C30H41N7O3. The molecule has 0 saturated heterocycles. The standard InChI is InChI=1S/C30H41N7O3/c38-27(24-12-6-4-7-13-24)31-18-20-39-22-23-40-21-19-32-28-35-29(33-25-14-8-2-1-3-9-15-25)37-30(36-28)34-26-16-10-5-11-17-26/h4-7,10-13,16-17,25H,1-3,8-9,14-15,18-23H2,(H,31,38)(H3,32,33,34,35,36,37). The smallest absolute Gasteiger partial charge is 0.251 e. The first-order chi connectivity index (χ1) is 19.8. The van der Waals surface area contributed by atoms with E-state index in [0.29, 0.717) is 69.0 Å². The normalized spacial score (nSPS) is 14.1. The predicted octanol–water partition coefficient (Wildman–Crippen LogP) is 5.02. The lowest BCUT2D eigenvalue weighted by molar-refractivity contribution is 0.0519. The minimum atomic E-state index is -0.102. The summed E-state index contributed by atoms with van der Waals surface area (Å²) < 4.78 is 11.2. The molecule has 3 aromatic rings. The molecule has 1 amide bonds. The zero-order chi connectivity index (χ0) is 27.7. The fraction of sp³-hybridized carbons (Fsp3) is 0.467. The number of aromatic nitrogens is 3. The Labute approximate surface area is 236 Å². The molecule has 0 atom stereocenters. The fourth-order valence-electron chi connectivity index (χ4n) is 4.49. The molecule has 4 N–H and O–H groups in total. The minimum Gasteiger partial charge on any atom is -0.377 e. The third kappa shape index (κ3) is 10.8. The average Bonchev–Trinajstić information content (AvgIpc) is 2.96. The summed E-state index contributed by atoms with van der Waals surface area (Å²) in [5.41, 5.74) is 1.56. The zero-order valence-corrected chi connectivity index (χ0v) is 23.1. The molecule has 10 heteroatoms. The summed E-state index contributed by atoms with van der Waals surface area (Å²) in [7, 11) is 0. The Morgan fingerprint density at radius 2 is 1.30 bits per heavy atom. The number of carbonyl (C=O) groups excluding carboxylic acids is 1. The first-order valence-electron chi connectivity index (χ1n) is 14.3. The van der Waals surface area contributed by atoms with Crippen LogP contribution in [0.15, 0.2) is 60.7 Å². The number of para-hydroxylation sites is 1. The largest absolute Gasteiger partial charge is 0.377 e. The summed E-state index contributed by atoms with van der Waals surface area (Å²) in [5.74, 6) is 1.46. The Morgan fingerprint density at radius 3 is 2.02 bits per heavy atom. The van der Waals surface area contributed by atoms with Crippen LogP contribution in [0.3, 0.4) is 0 Å². The Kier molecular flexibility index (Phi) is 12.5. The summed E-state index contributed by atoms with van der Waals surface area (Å²) in [6.07, 6.45) is 8.63. The monoisotopic (exact) mass is 547 g/mol. The van der Waals surface area contributed by atoms with Crippen molar-refractivity contribution in [3.63, 3.8) is 0 Å². The number of amides is 1. The number of rotatable bonds is 15. The van der Waals surface area contributed by atoms with Gasteiger partial charge in [0, 0.05) is 30.4 Å². The van der Waals surface area contributed by atoms with Crippen molar-refractivity contribution in [1.29, 1.82) is 0 Å². The van der Waals surface area contributed by atoms with Crippen LogP contribution >= 0.6 is 0 Å². The van der Waals surface area contributed by atoms with E-state index in [-0.39, 0.29) is 5.91 Å². The first kappa shape index (κ1) is 29.2. The molecule has 1 aliphatic carbocycles. The highest BCUT2D eigenvalue weighted by atomic mass is 16.5. The molecule has 0 aliphatic heterocycles. The van der Waals surface area contributed by atoms with Gasteiger partial charge in [-0.2, -0.15) is 15.0 Å². The molecule has 10 nitrogen and oxygen atoms in total. The number of hydrogen-bond donors (Lipinski definition) is 4. The number of carbonyl (C=O) groups is 1. The van der Waals surface area contributed by atoms with E-state index < -0.39 is 0 Å². The minimum absolute atomic E-state index is 0.102. The van der Waals surface area contributed by atoms with E-state index in [1.807, 2.05) is 48.5 Å². The van der Waals surface area contributed by atoms with Gasteiger partial charge in [0.2, 0.25) is 17.8 Å². The van der Waals surface area contributed by atoms with Crippen LogP contribution < -0.4 is 21.3 Å². The molecule has 0 bridgehead atoms. The molecule has 4 rings (SSSR count). The van der Waals surface area contributed by atoms with Gasteiger partial charge in [0.1, 0.15) is 0 Å². The second-order valence-electron chi connectivity index (χ2n) is 9.76. The molecule has 214 valence electrons. The molecule has 0 spiro atoms. The Bertz CT molecular complexity index is 1130. The van der Waals surface area contributed by atoms with Crippen LogP contribution in [0.1, 0.15) is 55.3 Å². The van der Waals surface area contributed by atoms with Gasteiger partial charge in [0.25, 0.3) is 5.91 Å². The maximum absolute atomic E-state index is 12.0. The van der Waals surface area contributed by atoms with Crippen molar-refractivity contribution >= 4 is 29.4 Å². The van der Waals surface area contributed by atoms with Gasteiger partial charge in [-0.15, -0.1) is 0 Å². The van der Waals surface area contributed by atoms with Crippen molar-refractivity contribution in [3.8, 4) is 0 Å². The highest BCUT2D eigenvalue weighted by Crippen LogP contribution is 2.21. The van der Waals surface area contributed by atoms with E-state index in [2.05, 4.69) is 36.2 Å². The van der Waals surface area contributed by atoms with Crippen LogP contribution in [-0.2, 0) is 9.47 Å². The molecule has 1 aromatic heterocycles. The lowest BCUT2D eigenvalue weighted by atomic mass is 9.97. The molecule has 1 fully saturated rings.